The van der Waals surface area contributed by atoms with E-state index in [-0.39, 0.29) is 23.8 Å². The van der Waals surface area contributed by atoms with Gasteiger partial charge in [-0.2, -0.15) is 0 Å². The van der Waals surface area contributed by atoms with Crippen molar-refractivity contribution in [2.75, 3.05) is 23.4 Å². The summed E-state index contributed by atoms with van der Waals surface area (Å²) in [5.41, 5.74) is 3.72. The average molecular weight is 688 g/mol. The van der Waals surface area contributed by atoms with Crippen molar-refractivity contribution < 1.29 is 28.7 Å². The van der Waals surface area contributed by atoms with Gasteiger partial charge in [-0.15, -0.1) is 0 Å². The molecule has 0 saturated carbocycles. The number of amides is 5. The highest BCUT2D eigenvalue weighted by Gasteiger charge is 2.37. The van der Waals surface area contributed by atoms with Gasteiger partial charge in [0.25, 0.3) is 17.7 Å². The third kappa shape index (κ3) is 6.71. The summed E-state index contributed by atoms with van der Waals surface area (Å²) in [7, 11) is 0. The first-order valence-corrected chi connectivity index (χ1v) is 14.1. The first kappa shape index (κ1) is 30.1. The van der Waals surface area contributed by atoms with Gasteiger partial charge < -0.3 is 14.8 Å². The van der Waals surface area contributed by atoms with E-state index >= 15 is 0 Å². The molecular weight excluding hydrogens is 661 g/mol. The summed E-state index contributed by atoms with van der Waals surface area (Å²) in [4.78, 5) is 52.2. The number of halogens is 2. The van der Waals surface area contributed by atoms with Gasteiger partial charge in [-0.05, 0) is 103 Å². The number of barbiturate groups is 1. The zero-order valence-corrected chi connectivity index (χ0v) is 25.7. The number of imide groups is 2. The first-order valence-electron chi connectivity index (χ1n) is 12.6. The molecule has 5 amide bonds. The van der Waals surface area contributed by atoms with E-state index in [1.807, 2.05) is 54.6 Å². The monoisotopic (exact) mass is 687 g/mol. The number of anilines is 2. The van der Waals surface area contributed by atoms with E-state index in [4.69, 9.17) is 21.1 Å². The Labute approximate surface area is 256 Å². The highest BCUT2D eigenvalue weighted by Crippen LogP contribution is 2.36. The number of carbonyl (C=O) groups excluding carboxylic acids is 4. The van der Waals surface area contributed by atoms with E-state index in [2.05, 4.69) is 10.6 Å². The second-order valence-corrected chi connectivity index (χ2v) is 10.8. The highest BCUT2D eigenvalue weighted by atomic mass is 127. The normalized spacial score (nSPS) is 14.2. The number of rotatable bonds is 8. The van der Waals surface area contributed by atoms with Crippen LogP contribution in [0.5, 0.6) is 11.5 Å². The number of aryl methyl sites for hydroxylation is 2. The lowest BCUT2D eigenvalue weighted by Crippen LogP contribution is -2.54. The number of hydrogen-bond acceptors (Lipinski definition) is 6. The van der Waals surface area contributed by atoms with Crippen molar-refractivity contribution >= 4 is 75.4 Å². The fraction of sp³-hybridized carbons (Fsp3) is 0.200. The summed E-state index contributed by atoms with van der Waals surface area (Å²) in [6, 6.07) is 13.0. The number of carbonyl (C=O) groups is 4. The Morgan fingerprint density at radius 3 is 2.54 bits per heavy atom. The van der Waals surface area contributed by atoms with Crippen LogP contribution >= 0.6 is 34.2 Å². The quantitative estimate of drug-likeness (QED) is 0.172. The molecule has 0 bridgehead atoms. The summed E-state index contributed by atoms with van der Waals surface area (Å²) in [5.74, 6) is -1.29. The van der Waals surface area contributed by atoms with Gasteiger partial charge >= 0.3 is 6.03 Å². The van der Waals surface area contributed by atoms with Crippen LogP contribution in [0.15, 0.2) is 54.1 Å². The molecule has 1 aliphatic rings. The maximum atomic E-state index is 13.4. The predicted octanol–water partition coefficient (Wildman–Crippen LogP) is 5.95. The molecule has 0 aromatic heterocycles. The lowest BCUT2D eigenvalue weighted by atomic mass is 10.1. The van der Waals surface area contributed by atoms with Crippen molar-refractivity contribution in [2.24, 2.45) is 0 Å². The molecule has 1 fully saturated rings. The van der Waals surface area contributed by atoms with Gasteiger partial charge in [0.1, 0.15) is 5.57 Å². The largest absolute Gasteiger partial charge is 0.490 e. The van der Waals surface area contributed by atoms with E-state index in [0.717, 1.165) is 16.0 Å². The Kier molecular flexibility index (Phi) is 9.34. The van der Waals surface area contributed by atoms with Gasteiger partial charge in [0.2, 0.25) is 0 Å². The van der Waals surface area contributed by atoms with Crippen molar-refractivity contribution in [3.8, 4) is 11.5 Å². The zero-order valence-electron chi connectivity index (χ0n) is 22.8. The molecule has 1 aliphatic heterocycles. The molecule has 212 valence electrons. The van der Waals surface area contributed by atoms with Gasteiger partial charge in [0.15, 0.2) is 18.1 Å². The standard InChI is InChI=1S/C30H27ClIN3O6/c1-5-40-25-14-19(13-22(32)27(25)41-15-26(36)33-23-10-9-16(2)11-17(23)3)12-20-28(37)34-30(39)35(29(20)38)24-8-6-7-21(31)18(24)4/h6-14H,5,15H2,1-4H3,(H,33,36)(H,34,37,39)/b20-12-. The molecule has 4 rings (SSSR count). The lowest BCUT2D eigenvalue weighted by Gasteiger charge is -2.27. The average Bonchev–Trinajstić information content (AvgIpc) is 2.90. The molecule has 2 N–H and O–H groups in total. The maximum absolute atomic E-state index is 13.4. The summed E-state index contributed by atoms with van der Waals surface area (Å²) in [6.07, 6.45) is 1.37. The number of nitrogens with zero attached hydrogens (tertiary/aromatic N) is 1. The topological polar surface area (TPSA) is 114 Å². The van der Waals surface area contributed by atoms with E-state index in [1.54, 1.807) is 44.2 Å². The minimum absolute atomic E-state index is 0.247. The van der Waals surface area contributed by atoms with Crippen LogP contribution in [0.1, 0.15) is 29.2 Å². The van der Waals surface area contributed by atoms with E-state index in [1.165, 1.54) is 6.08 Å². The second-order valence-electron chi connectivity index (χ2n) is 9.26. The SMILES string of the molecule is CCOc1cc(/C=C2/C(=O)NC(=O)N(c3cccc(Cl)c3C)C2=O)cc(I)c1OCC(=O)Nc1ccc(C)cc1C. The molecule has 9 nitrogen and oxygen atoms in total. The molecular formula is C30H27ClIN3O6. The van der Waals surface area contributed by atoms with Crippen LogP contribution in [0.2, 0.25) is 5.02 Å². The molecule has 1 heterocycles. The molecule has 3 aromatic carbocycles. The molecule has 41 heavy (non-hydrogen) atoms. The third-order valence-electron chi connectivity index (χ3n) is 6.23. The Hall–Kier alpha value is -3.90. The number of nitrogens with one attached hydrogen (secondary N) is 2. The lowest BCUT2D eigenvalue weighted by molar-refractivity contribution is -0.122. The Bertz CT molecular complexity index is 1600. The predicted molar refractivity (Wildman–Crippen MR) is 166 cm³/mol. The molecule has 3 aromatic rings. The van der Waals surface area contributed by atoms with Crippen molar-refractivity contribution in [1.82, 2.24) is 5.32 Å². The Morgan fingerprint density at radius 2 is 1.83 bits per heavy atom. The smallest absolute Gasteiger partial charge is 0.335 e. The van der Waals surface area contributed by atoms with E-state index in [0.29, 0.717) is 43.5 Å². The van der Waals surface area contributed by atoms with Crippen molar-refractivity contribution in [2.45, 2.75) is 27.7 Å². The van der Waals surface area contributed by atoms with E-state index < -0.39 is 17.8 Å². The molecule has 1 saturated heterocycles. The van der Waals surface area contributed by atoms with Crippen molar-refractivity contribution in [3.05, 3.63) is 85.0 Å². The first-order chi connectivity index (χ1) is 19.5. The summed E-state index contributed by atoms with van der Waals surface area (Å²) < 4.78 is 12.2. The van der Waals surface area contributed by atoms with Gasteiger partial charge in [-0.25, -0.2) is 9.69 Å². The maximum Gasteiger partial charge on any atom is 0.335 e. The third-order valence-corrected chi connectivity index (χ3v) is 7.44. The van der Waals surface area contributed by atoms with Crippen LogP contribution in [-0.4, -0.2) is 37.0 Å². The number of benzene rings is 3. The fourth-order valence-corrected chi connectivity index (χ4v) is 5.18. The molecule has 11 heteroatoms. The van der Waals surface area contributed by atoms with Gasteiger partial charge in [-0.1, -0.05) is 35.4 Å². The molecule has 0 spiro atoms. The fourth-order valence-electron chi connectivity index (χ4n) is 4.23. The molecule has 0 atom stereocenters. The van der Waals surface area contributed by atoms with Crippen molar-refractivity contribution in [1.29, 1.82) is 0 Å². The number of hydrogen-bond donors (Lipinski definition) is 2. The van der Waals surface area contributed by atoms with Crippen LogP contribution in [-0.2, 0) is 14.4 Å². The molecule has 0 aliphatic carbocycles. The Balaban J connectivity index is 1.60. The summed E-state index contributed by atoms with van der Waals surface area (Å²) in [5, 5.41) is 5.43. The highest BCUT2D eigenvalue weighted by molar-refractivity contribution is 14.1. The summed E-state index contributed by atoms with van der Waals surface area (Å²) >= 11 is 8.23. The van der Waals surface area contributed by atoms with Crippen LogP contribution < -0.4 is 25.0 Å². The van der Waals surface area contributed by atoms with E-state index in [9.17, 15) is 19.2 Å². The number of ether oxygens (including phenoxy) is 2. The summed E-state index contributed by atoms with van der Waals surface area (Å²) in [6.45, 7) is 7.40. The minimum Gasteiger partial charge on any atom is -0.490 e. The van der Waals surface area contributed by atoms with Crippen LogP contribution in [0.3, 0.4) is 0 Å². The van der Waals surface area contributed by atoms with Crippen LogP contribution in [0.4, 0.5) is 16.2 Å². The van der Waals surface area contributed by atoms with Crippen LogP contribution in [0, 0.1) is 24.3 Å². The second kappa shape index (κ2) is 12.7. The number of urea groups is 1. The van der Waals surface area contributed by atoms with Gasteiger partial charge in [-0.3, -0.25) is 19.7 Å². The molecule has 0 radical (unpaired) electrons. The zero-order chi connectivity index (χ0) is 29.8. The Morgan fingerprint density at radius 1 is 1.07 bits per heavy atom. The van der Waals surface area contributed by atoms with Crippen LogP contribution in [0.25, 0.3) is 6.08 Å². The van der Waals surface area contributed by atoms with Gasteiger partial charge in [0, 0.05) is 10.7 Å². The molecule has 0 unspecified atom stereocenters. The van der Waals surface area contributed by atoms with Crippen molar-refractivity contribution in [3.63, 3.8) is 0 Å². The minimum atomic E-state index is -0.866. The van der Waals surface area contributed by atoms with Gasteiger partial charge in [0.05, 0.1) is 15.9 Å².